The molecular weight excluding hydrogens is 1310 g/mol. The summed E-state index contributed by atoms with van der Waals surface area (Å²) in [5.41, 5.74) is 0. The predicted molar refractivity (Wildman–Crippen MR) is 370 cm³/mol. The van der Waals surface area contributed by atoms with Crippen molar-refractivity contribution >= 4 is 39.8 Å². The van der Waals surface area contributed by atoms with Gasteiger partial charge in [0, 0.05) is 4.57 Å². The normalized spacial score (nSPS) is 23.1. The fraction of sp³-hybridized carbons (Fsp3) is 0.943. The van der Waals surface area contributed by atoms with Crippen LogP contribution in [0, 0.1) is 0 Å². The molecule has 2 rings (SSSR count). The first-order valence-corrected chi connectivity index (χ1v) is 40.4. The average Bonchev–Trinajstić information content (AvgIpc) is 0.788. The zero-order valence-electron chi connectivity index (χ0n) is 60.9. The third kappa shape index (κ3) is 44.3. The van der Waals surface area contributed by atoms with Crippen LogP contribution in [0.2, 0.25) is 0 Å². The van der Waals surface area contributed by atoms with Gasteiger partial charge in [-0.1, -0.05) is 259 Å². The number of rotatable bonds is 64. The molecule has 2 aliphatic heterocycles. The number of unbranched alkanes of at least 4 members (excludes halogenated alkanes) is 32. The van der Waals surface area contributed by atoms with E-state index in [0.717, 1.165) is 154 Å². The maximum absolute atomic E-state index is 14.2. The van der Waals surface area contributed by atoms with Crippen molar-refractivity contribution < 1.29 is 118 Å². The quantitative estimate of drug-likeness (QED) is 0.00886. The Morgan fingerprint density at radius 2 is 0.816 bits per heavy atom. The first-order valence-electron chi connectivity index (χ1n) is 38.3. The molecule has 6 unspecified atom stereocenters. The second-order valence-corrected chi connectivity index (χ2v) is 29.1. The van der Waals surface area contributed by atoms with Crippen molar-refractivity contribution in [1.29, 1.82) is 0 Å². The van der Waals surface area contributed by atoms with E-state index in [9.17, 15) is 74.0 Å². The highest BCUT2D eigenvalue weighted by Crippen LogP contribution is 2.37. The summed E-state index contributed by atoms with van der Waals surface area (Å²) in [5, 5.41) is 82.5. The number of esters is 2. The lowest BCUT2D eigenvalue weighted by molar-refractivity contribution is -0.305. The minimum atomic E-state index is -5.30. The molecule has 0 aromatic heterocycles. The van der Waals surface area contributed by atoms with Gasteiger partial charge in [0.25, 0.3) is 0 Å². The topological polar surface area (TPSA) is 392 Å². The van der Waals surface area contributed by atoms with Gasteiger partial charge >= 0.3 is 28.0 Å². The summed E-state index contributed by atoms with van der Waals surface area (Å²) >= 11 is 0. The van der Waals surface area contributed by atoms with E-state index < -0.39 is 178 Å². The van der Waals surface area contributed by atoms with Crippen LogP contribution in [0.25, 0.3) is 0 Å². The number of carbonyl (C=O) groups excluding carboxylic acids is 4. The first kappa shape index (κ1) is 89.8. The summed E-state index contributed by atoms with van der Waals surface area (Å²) in [6.07, 6.45) is 15.7. The molecule has 26 nitrogen and oxygen atoms in total. The van der Waals surface area contributed by atoms with Gasteiger partial charge < -0.3 is 79.5 Å². The van der Waals surface area contributed by atoms with Gasteiger partial charge in [-0.25, -0.2) is 9.82 Å². The number of nitrogens with one attached hydrogen (secondary N) is 2. The highest BCUT2D eigenvalue weighted by molar-refractivity contribution is 7.46. The van der Waals surface area contributed by atoms with Crippen LogP contribution in [0.4, 0.5) is 0 Å². The number of phosphoric ester groups is 1. The molecule has 2 saturated heterocycles. The number of phosphoric acid groups is 1. The maximum Gasteiger partial charge on any atom is 0.728 e. The molecule has 0 aliphatic carbocycles. The summed E-state index contributed by atoms with van der Waals surface area (Å²) in [7, 11) is -8.75. The summed E-state index contributed by atoms with van der Waals surface area (Å²) in [5.74, 6) is -3.76. The Bertz CT molecular complexity index is 2130. The van der Waals surface area contributed by atoms with E-state index in [2.05, 4.69) is 47.5 Å². The molecule has 0 aromatic rings. The van der Waals surface area contributed by atoms with Gasteiger partial charge in [0.1, 0.15) is 30.4 Å². The number of hydrogen-bond donors (Lipinski definition) is 11. The second-order valence-electron chi connectivity index (χ2n) is 27.1. The standard InChI is InChI=1S/C70H132N2O24P2/c1-5-9-13-17-21-25-29-33-37-41-53(74)47-59(78)71-63-67(93-61(80)49-55(76)43-39-35-31-27-23-19-15-11-7-3)65(82)58(92-69(63)88-45-46-90-98(85,86)87)52-89-70-64(72-60(79)48-54(75)42-38-34-30-26-22-18-14-10-6-2)68(66(57(51-73)91-70)95-97(84)96-83)94-62(81)50-56(77)44-40-36-32-28-24-20-16-12-8-4/h53-58,63-70,73-77,82H,5-52H2,1-4H3,(H4-,71,72,78,79,83,85,86,87)/p+1/t53-,54-,55-,56-,57?,58?,63?,64?,65-,66-,67-,68-,69+,70-/m1/s1/i46T/t46?,53-,54-,55-,56-,57?,58?,63?,64?,65-,66-,67-,68-,69+,70-. The minimum absolute atomic E-state index is 0.223. The molecule has 0 spiro atoms. The van der Waals surface area contributed by atoms with Crippen LogP contribution in [0.15, 0.2) is 0 Å². The Labute approximate surface area is 588 Å². The summed E-state index contributed by atoms with van der Waals surface area (Å²) < 4.78 is 83.4. The Morgan fingerprint density at radius 1 is 0.490 bits per heavy atom. The summed E-state index contributed by atoms with van der Waals surface area (Å²) in [6, 6.07) is -3.46. The van der Waals surface area contributed by atoms with Gasteiger partial charge in [0.05, 0.1) is 82.5 Å². The first-order chi connectivity index (χ1) is 47.6. The SMILES string of the molecule is [3H]C(CO[C@H]1OC(CO[C@@H]2OC(CO)[C@@H](O[P+](=O)OO)[C@H](OC(=O)C[C@H](O)CCCCCCCCCCC)C2NC(=O)C[C@H](O)CCCCCCCCCCC)[C@@H](O)[C@H](OC(=O)C[C@H](O)CCCCCCCCCCC)C1NC(=O)C[C@H](O)CCCCCCCCCCC)OP(=O)(O)O. The second kappa shape index (κ2) is 57.9. The van der Waals surface area contributed by atoms with Gasteiger partial charge in [-0.3, -0.25) is 23.7 Å². The van der Waals surface area contributed by atoms with Crippen molar-refractivity contribution in [2.45, 2.75) is 396 Å². The molecule has 2 heterocycles. The molecular formula is C70H133N2O24P2+. The van der Waals surface area contributed by atoms with Gasteiger partial charge in [-0.2, -0.15) is 0 Å². The average molecular weight is 1450 g/mol. The number of hydrogen-bond acceptors (Lipinski definition) is 22. The van der Waals surface area contributed by atoms with E-state index >= 15 is 0 Å². The zero-order valence-corrected chi connectivity index (χ0v) is 61.7. The molecule has 98 heavy (non-hydrogen) atoms. The van der Waals surface area contributed by atoms with Crippen LogP contribution in [0.1, 0.15) is 312 Å². The molecule has 16 atom stereocenters. The maximum atomic E-state index is 14.2. The minimum Gasteiger partial charge on any atom is -0.457 e. The lowest BCUT2D eigenvalue weighted by atomic mass is 9.95. The molecule has 2 aliphatic rings. The van der Waals surface area contributed by atoms with Crippen LogP contribution in [0.3, 0.4) is 0 Å². The van der Waals surface area contributed by atoms with Crippen LogP contribution in [-0.2, 0) is 70.5 Å². The molecule has 576 valence electrons. The van der Waals surface area contributed by atoms with Crippen molar-refractivity contribution in [3.8, 4) is 0 Å². The third-order valence-electron chi connectivity index (χ3n) is 18.1. The summed E-state index contributed by atoms with van der Waals surface area (Å²) in [4.78, 5) is 75.3. The van der Waals surface area contributed by atoms with Crippen molar-refractivity contribution in [3.63, 3.8) is 0 Å². The van der Waals surface area contributed by atoms with Crippen LogP contribution >= 0.6 is 16.1 Å². The molecule has 2 amide bonds. The molecule has 2 fully saturated rings. The van der Waals surface area contributed by atoms with E-state index in [0.29, 0.717) is 25.7 Å². The number of amides is 2. The van der Waals surface area contributed by atoms with Crippen molar-refractivity contribution in [1.82, 2.24) is 10.6 Å². The van der Waals surface area contributed by atoms with Crippen molar-refractivity contribution in [3.05, 3.63) is 0 Å². The molecule has 0 bridgehead atoms. The van der Waals surface area contributed by atoms with Crippen LogP contribution < -0.4 is 10.6 Å². The zero-order chi connectivity index (χ0) is 73.1. The molecule has 0 saturated carbocycles. The van der Waals surface area contributed by atoms with E-state index in [1.54, 1.807) is 0 Å². The molecule has 0 aromatic carbocycles. The largest absolute Gasteiger partial charge is 0.728 e. The van der Waals surface area contributed by atoms with E-state index in [-0.39, 0.29) is 25.7 Å². The third-order valence-corrected chi connectivity index (χ3v) is 19.1. The number of carbonyl (C=O) groups is 4. The Balaban J connectivity index is 2.62. The van der Waals surface area contributed by atoms with Gasteiger partial charge in [-0.15, -0.1) is 4.52 Å². The van der Waals surface area contributed by atoms with Crippen LogP contribution in [0.5, 0.6) is 0 Å². The molecule has 28 heteroatoms. The van der Waals surface area contributed by atoms with E-state index in [1.807, 2.05) is 0 Å². The lowest BCUT2D eigenvalue weighted by Crippen LogP contribution is -2.68. The van der Waals surface area contributed by atoms with Gasteiger partial charge in [0.15, 0.2) is 30.9 Å². The Morgan fingerprint density at radius 3 is 1.17 bits per heavy atom. The fourth-order valence-electron chi connectivity index (χ4n) is 12.5. The monoisotopic (exact) mass is 1450 g/mol. The smallest absolute Gasteiger partial charge is 0.457 e. The number of aliphatic hydroxyl groups excluding tert-OH is 6. The Hall–Kier alpha value is -2.43. The van der Waals surface area contributed by atoms with Crippen molar-refractivity contribution in [2.24, 2.45) is 0 Å². The van der Waals surface area contributed by atoms with E-state index in [1.165, 1.54) is 51.4 Å². The molecule has 11 N–H and O–H groups in total. The Kier molecular flexibility index (Phi) is 53.1. The predicted octanol–water partition coefficient (Wildman–Crippen LogP) is 11.9. The van der Waals surface area contributed by atoms with Gasteiger partial charge in [0.2, 0.25) is 11.8 Å². The van der Waals surface area contributed by atoms with Gasteiger partial charge in [-0.05, 0) is 25.7 Å². The summed E-state index contributed by atoms with van der Waals surface area (Å²) in [6.45, 7) is 3.68. The van der Waals surface area contributed by atoms with Crippen molar-refractivity contribution in [2.75, 3.05) is 26.4 Å². The number of aliphatic hydroxyl groups is 6. The highest BCUT2D eigenvalue weighted by atomic mass is 31.2. The van der Waals surface area contributed by atoms with Crippen LogP contribution in [-0.4, -0.2) is 182 Å². The fourth-order valence-corrected chi connectivity index (χ4v) is 13.3. The van der Waals surface area contributed by atoms with E-state index in [4.69, 9.17) is 34.3 Å². The highest BCUT2D eigenvalue weighted by Gasteiger charge is 2.55. The number of ether oxygens (including phenoxy) is 6. The molecule has 0 radical (unpaired) electrons. The lowest BCUT2D eigenvalue weighted by Gasteiger charge is -2.46.